The molecule has 0 bridgehead atoms. The van der Waals surface area contributed by atoms with Crippen molar-refractivity contribution in [2.75, 3.05) is 5.32 Å². The molecule has 1 saturated carbocycles. The van der Waals surface area contributed by atoms with E-state index >= 15 is 0 Å². The standard InChI is InChI=1S/C18H19NS/c1-11-3-4-13(9-11)14-5-6-17-16(10-14)15-7-8-20-18(15)12(2)19-17/h5-8,10-11,13,19H,2-4,9H2,1H3/t11-,13?/m1/s1. The third kappa shape index (κ3) is 1.82. The van der Waals surface area contributed by atoms with Crippen LogP contribution in [0.3, 0.4) is 0 Å². The third-order valence-electron chi connectivity index (χ3n) is 4.72. The second-order valence-electron chi connectivity index (χ2n) is 6.19. The van der Waals surface area contributed by atoms with Gasteiger partial charge in [-0.25, -0.2) is 0 Å². The van der Waals surface area contributed by atoms with Crippen molar-refractivity contribution < 1.29 is 0 Å². The van der Waals surface area contributed by atoms with Crippen LogP contribution >= 0.6 is 11.3 Å². The van der Waals surface area contributed by atoms with Gasteiger partial charge in [0.2, 0.25) is 0 Å². The van der Waals surface area contributed by atoms with Crippen LogP contribution in [0.15, 0.2) is 36.2 Å². The topological polar surface area (TPSA) is 12.0 Å². The minimum Gasteiger partial charge on any atom is -0.354 e. The molecule has 1 fully saturated rings. The quantitative estimate of drug-likeness (QED) is 0.705. The second kappa shape index (κ2) is 4.49. The summed E-state index contributed by atoms with van der Waals surface area (Å²) in [6.45, 7) is 6.51. The molecule has 2 aliphatic rings. The fourth-order valence-electron chi connectivity index (χ4n) is 3.63. The number of hydrogen-bond donors (Lipinski definition) is 1. The van der Waals surface area contributed by atoms with Crippen LogP contribution in [0.2, 0.25) is 0 Å². The van der Waals surface area contributed by atoms with E-state index in [1.807, 2.05) is 0 Å². The first-order valence-corrected chi connectivity index (χ1v) is 8.28. The lowest BCUT2D eigenvalue weighted by molar-refractivity contribution is 0.596. The summed E-state index contributed by atoms with van der Waals surface area (Å²) in [5.74, 6) is 1.63. The molecule has 2 aromatic rings. The summed E-state index contributed by atoms with van der Waals surface area (Å²) in [5.41, 5.74) is 6.45. The number of thiophene rings is 1. The molecular formula is C18H19NS. The van der Waals surface area contributed by atoms with E-state index in [0.717, 1.165) is 17.5 Å². The lowest BCUT2D eigenvalue weighted by atomic mass is 9.91. The highest BCUT2D eigenvalue weighted by Crippen LogP contribution is 2.45. The molecule has 1 aliphatic heterocycles. The van der Waals surface area contributed by atoms with Crippen molar-refractivity contribution in [2.45, 2.75) is 32.1 Å². The summed E-state index contributed by atoms with van der Waals surface area (Å²) in [6.07, 6.45) is 4.06. The zero-order valence-electron chi connectivity index (χ0n) is 11.8. The molecule has 0 radical (unpaired) electrons. The third-order valence-corrected chi connectivity index (χ3v) is 5.70. The minimum atomic E-state index is 0.752. The monoisotopic (exact) mass is 281 g/mol. The highest BCUT2D eigenvalue weighted by molar-refractivity contribution is 7.11. The summed E-state index contributed by atoms with van der Waals surface area (Å²) in [4.78, 5) is 1.29. The first-order valence-electron chi connectivity index (χ1n) is 7.40. The minimum absolute atomic E-state index is 0.752. The maximum absolute atomic E-state index is 4.14. The van der Waals surface area contributed by atoms with Gasteiger partial charge in [0.25, 0.3) is 0 Å². The van der Waals surface area contributed by atoms with Gasteiger partial charge < -0.3 is 5.32 Å². The van der Waals surface area contributed by atoms with E-state index < -0.39 is 0 Å². The Bertz CT molecular complexity index is 682. The molecular weight excluding hydrogens is 262 g/mol. The van der Waals surface area contributed by atoms with Crippen LogP contribution in [0.5, 0.6) is 0 Å². The van der Waals surface area contributed by atoms with Gasteiger partial charge in [-0.05, 0) is 53.8 Å². The number of rotatable bonds is 1. The van der Waals surface area contributed by atoms with Crippen LogP contribution in [0.1, 0.15) is 42.5 Å². The Morgan fingerprint density at radius 2 is 2.10 bits per heavy atom. The van der Waals surface area contributed by atoms with E-state index in [9.17, 15) is 0 Å². The van der Waals surface area contributed by atoms with Crippen LogP contribution in [-0.2, 0) is 0 Å². The van der Waals surface area contributed by atoms with Gasteiger partial charge in [-0.3, -0.25) is 0 Å². The molecule has 1 nitrogen and oxygen atoms in total. The molecule has 2 atom stereocenters. The molecule has 0 spiro atoms. The van der Waals surface area contributed by atoms with Gasteiger partial charge in [0.1, 0.15) is 0 Å². The predicted octanol–water partition coefficient (Wildman–Crippen LogP) is 5.71. The van der Waals surface area contributed by atoms with Crippen molar-refractivity contribution in [3.63, 3.8) is 0 Å². The van der Waals surface area contributed by atoms with E-state index in [4.69, 9.17) is 0 Å². The number of hydrogen-bond acceptors (Lipinski definition) is 2. The zero-order chi connectivity index (χ0) is 13.7. The second-order valence-corrected chi connectivity index (χ2v) is 7.10. The highest BCUT2D eigenvalue weighted by atomic mass is 32.1. The van der Waals surface area contributed by atoms with Gasteiger partial charge in [-0.2, -0.15) is 0 Å². The predicted molar refractivity (Wildman–Crippen MR) is 88.2 cm³/mol. The Morgan fingerprint density at radius 3 is 2.90 bits per heavy atom. The van der Waals surface area contributed by atoms with E-state index in [-0.39, 0.29) is 0 Å². The van der Waals surface area contributed by atoms with Crippen LogP contribution < -0.4 is 5.32 Å². The number of fused-ring (bicyclic) bond motifs is 3. The molecule has 20 heavy (non-hydrogen) atoms. The average molecular weight is 281 g/mol. The Hall–Kier alpha value is -1.54. The molecule has 1 aromatic carbocycles. The first-order chi connectivity index (χ1) is 9.72. The summed E-state index contributed by atoms with van der Waals surface area (Å²) < 4.78 is 0. The highest BCUT2D eigenvalue weighted by Gasteiger charge is 2.25. The van der Waals surface area contributed by atoms with Gasteiger partial charge in [0, 0.05) is 22.5 Å². The van der Waals surface area contributed by atoms with Crippen molar-refractivity contribution in [1.82, 2.24) is 0 Å². The fraction of sp³-hybridized carbons (Fsp3) is 0.333. The smallest absolute Gasteiger partial charge is 0.0578 e. The van der Waals surface area contributed by atoms with Gasteiger partial charge in [0.15, 0.2) is 0 Å². The molecule has 2 heterocycles. The van der Waals surface area contributed by atoms with Crippen molar-refractivity contribution in [2.24, 2.45) is 5.92 Å². The summed E-state index contributed by atoms with van der Waals surface area (Å²) in [5, 5.41) is 5.61. The normalized spacial score (nSPS) is 24.1. The summed E-state index contributed by atoms with van der Waals surface area (Å²) in [7, 11) is 0. The SMILES string of the molecule is C=C1Nc2ccc(C3CC[C@@H](C)C3)cc2-c2ccsc21. The number of anilines is 1. The van der Waals surface area contributed by atoms with Crippen LogP contribution in [0.4, 0.5) is 5.69 Å². The lowest BCUT2D eigenvalue weighted by Crippen LogP contribution is -2.05. The molecule has 0 amide bonds. The Morgan fingerprint density at radius 1 is 1.20 bits per heavy atom. The number of benzene rings is 1. The van der Waals surface area contributed by atoms with Gasteiger partial charge >= 0.3 is 0 Å². The molecule has 1 unspecified atom stereocenters. The van der Waals surface area contributed by atoms with E-state index in [0.29, 0.717) is 0 Å². The molecule has 1 aliphatic carbocycles. The summed E-state index contributed by atoms with van der Waals surface area (Å²) >= 11 is 1.77. The van der Waals surface area contributed by atoms with Crippen LogP contribution in [0.25, 0.3) is 16.8 Å². The largest absolute Gasteiger partial charge is 0.354 e. The van der Waals surface area contributed by atoms with E-state index in [1.54, 1.807) is 11.3 Å². The van der Waals surface area contributed by atoms with E-state index in [2.05, 4.69) is 48.5 Å². The van der Waals surface area contributed by atoms with E-state index in [1.165, 1.54) is 46.5 Å². The molecule has 4 rings (SSSR count). The fourth-order valence-corrected chi connectivity index (χ4v) is 4.47. The molecule has 2 heteroatoms. The van der Waals surface area contributed by atoms with Gasteiger partial charge in [0.05, 0.1) is 4.88 Å². The molecule has 0 saturated heterocycles. The Balaban J connectivity index is 1.79. The summed E-state index contributed by atoms with van der Waals surface area (Å²) in [6, 6.07) is 9.17. The van der Waals surface area contributed by atoms with Crippen molar-refractivity contribution in [1.29, 1.82) is 0 Å². The van der Waals surface area contributed by atoms with Crippen molar-refractivity contribution in [3.05, 3.63) is 46.7 Å². The zero-order valence-corrected chi connectivity index (χ0v) is 12.6. The maximum Gasteiger partial charge on any atom is 0.0578 e. The van der Waals surface area contributed by atoms with Crippen LogP contribution in [-0.4, -0.2) is 0 Å². The Labute approximate surface area is 124 Å². The number of nitrogens with one attached hydrogen (secondary N) is 1. The van der Waals surface area contributed by atoms with Crippen molar-refractivity contribution >= 4 is 22.7 Å². The van der Waals surface area contributed by atoms with Crippen molar-refractivity contribution in [3.8, 4) is 11.1 Å². The van der Waals surface area contributed by atoms with Gasteiger partial charge in [-0.15, -0.1) is 11.3 Å². The maximum atomic E-state index is 4.14. The first kappa shape index (κ1) is 12.2. The molecule has 102 valence electrons. The molecule has 1 N–H and O–H groups in total. The average Bonchev–Trinajstić information content (AvgIpc) is 3.07. The van der Waals surface area contributed by atoms with Gasteiger partial charge in [-0.1, -0.05) is 26.0 Å². The van der Waals surface area contributed by atoms with Crippen LogP contribution in [0, 0.1) is 5.92 Å². The Kier molecular flexibility index (Phi) is 2.74. The molecule has 1 aromatic heterocycles. The lowest BCUT2D eigenvalue weighted by Gasteiger charge is -2.22.